The van der Waals surface area contributed by atoms with E-state index >= 15 is 0 Å². The third-order valence-corrected chi connectivity index (χ3v) is 6.63. The zero-order chi connectivity index (χ0) is 24.7. The van der Waals surface area contributed by atoms with Gasteiger partial charge in [0.25, 0.3) is 0 Å². The monoisotopic (exact) mass is 491 g/mol. The number of nitrogens with one attached hydrogen (secondary N) is 3. The third kappa shape index (κ3) is 7.43. The molecular weight excluding hydrogens is 462 g/mol. The lowest BCUT2D eigenvalue weighted by Gasteiger charge is -2.16. The number of benzene rings is 3. The molecule has 3 rings (SSSR count). The standard InChI is InChI=1S/C27H29N3O2S2/c1-5-25(26(32)28-23-14-17(2)13-18(3)15-23)34-24-8-6-7-22(16-24)30-27(33)29-21-11-9-20(10-12-21)19(4)31/h6-16,25H,5H2,1-4H3,(H,28,32)(H2,29,30,33). The van der Waals surface area contributed by atoms with E-state index in [4.69, 9.17) is 12.2 Å². The van der Waals surface area contributed by atoms with Crippen molar-refractivity contribution in [3.63, 3.8) is 0 Å². The quantitative estimate of drug-likeness (QED) is 0.182. The molecule has 0 radical (unpaired) electrons. The van der Waals surface area contributed by atoms with Crippen LogP contribution in [0.5, 0.6) is 0 Å². The lowest BCUT2D eigenvalue weighted by Crippen LogP contribution is -2.24. The summed E-state index contributed by atoms with van der Waals surface area (Å²) < 4.78 is 0. The van der Waals surface area contributed by atoms with Gasteiger partial charge < -0.3 is 16.0 Å². The highest BCUT2D eigenvalue weighted by Crippen LogP contribution is 2.29. The smallest absolute Gasteiger partial charge is 0.237 e. The molecule has 3 aromatic rings. The summed E-state index contributed by atoms with van der Waals surface area (Å²) in [6.07, 6.45) is 0.704. The van der Waals surface area contributed by atoms with E-state index in [1.165, 1.54) is 18.7 Å². The molecule has 0 spiro atoms. The molecule has 0 saturated carbocycles. The van der Waals surface area contributed by atoms with Gasteiger partial charge in [-0.1, -0.05) is 19.1 Å². The van der Waals surface area contributed by atoms with E-state index in [0.717, 1.165) is 33.1 Å². The van der Waals surface area contributed by atoms with Crippen molar-refractivity contribution in [2.45, 2.75) is 44.3 Å². The number of thioether (sulfide) groups is 1. The molecule has 3 aromatic carbocycles. The average molecular weight is 492 g/mol. The number of anilines is 3. The van der Waals surface area contributed by atoms with Gasteiger partial charge in [0.1, 0.15) is 0 Å². The van der Waals surface area contributed by atoms with Gasteiger partial charge in [0.15, 0.2) is 10.9 Å². The number of hydrogen-bond acceptors (Lipinski definition) is 4. The predicted molar refractivity (Wildman–Crippen MR) is 147 cm³/mol. The van der Waals surface area contributed by atoms with E-state index < -0.39 is 0 Å². The van der Waals surface area contributed by atoms with Crippen LogP contribution < -0.4 is 16.0 Å². The SMILES string of the molecule is CCC(Sc1cccc(NC(=S)Nc2ccc(C(C)=O)cc2)c1)C(=O)Nc1cc(C)cc(C)c1. The summed E-state index contributed by atoms with van der Waals surface area (Å²) in [6, 6.07) is 21.0. The summed E-state index contributed by atoms with van der Waals surface area (Å²) in [5.41, 5.74) is 5.34. The molecule has 34 heavy (non-hydrogen) atoms. The second kappa shape index (κ2) is 11.8. The van der Waals surface area contributed by atoms with Gasteiger partial charge in [-0.2, -0.15) is 0 Å². The second-order valence-electron chi connectivity index (χ2n) is 8.12. The minimum absolute atomic E-state index is 0.0120. The zero-order valence-corrected chi connectivity index (χ0v) is 21.4. The molecule has 1 atom stereocenters. The van der Waals surface area contributed by atoms with Crippen LogP contribution in [0.3, 0.4) is 0 Å². The summed E-state index contributed by atoms with van der Waals surface area (Å²) >= 11 is 6.96. The van der Waals surface area contributed by atoms with Gasteiger partial charge in [-0.25, -0.2) is 0 Å². The molecule has 5 nitrogen and oxygen atoms in total. The van der Waals surface area contributed by atoms with Crippen molar-refractivity contribution in [1.82, 2.24) is 0 Å². The number of rotatable bonds is 8. The van der Waals surface area contributed by atoms with E-state index in [-0.39, 0.29) is 16.9 Å². The van der Waals surface area contributed by atoms with Crippen LogP contribution in [0.2, 0.25) is 0 Å². The molecule has 0 aliphatic rings. The first kappa shape index (κ1) is 25.5. The lowest BCUT2D eigenvalue weighted by molar-refractivity contribution is -0.115. The lowest BCUT2D eigenvalue weighted by atomic mass is 10.1. The molecular formula is C27H29N3O2S2. The molecule has 0 aromatic heterocycles. The Bertz CT molecular complexity index is 1170. The van der Waals surface area contributed by atoms with E-state index in [1.54, 1.807) is 12.1 Å². The molecule has 0 fully saturated rings. The van der Waals surface area contributed by atoms with Gasteiger partial charge in [-0.15, -0.1) is 11.8 Å². The van der Waals surface area contributed by atoms with Gasteiger partial charge in [0.05, 0.1) is 5.25 Å². The summed E-state index contributed by atoms with van der Waals surface area (Å²) in [5.74, 6) is 0.0108. The van der Waals surface area contributed by atoms with Crippen molar-refractivity contribution in [2.75, 3.05) is 16.0 Å². The normalized spacial score (nSPS) is 11.4. The molecule has 1 unspecified atom stereocenters. The van der Waals surface area contributed by atoms with Crippen LogP contribution in [0.4, 0.5) is 17.1 Å². The second-order valence-corrected chi connectivity index (χ2v) is 9.81. The van der Waals surface area contributed by atoms with Crippen LogP contribution in [-0.2, 0) is 4.79 Å². The number of hydrogen-bond donors (Lipinski definition) is 3. The maximum Gasteiger partial charge on any atom is 0.237 e. The number of ketones is 1. The number of Topliss-reactive ketones (excluding diaryl/α,β-unsaturated/α-hetero) is 1. The van der Waals surface area contributed by atoms with E-state index in [0.29, 0.717) is 17.1 Å². The Balaban J connectivity index is 1.61. The molecule has 0 heterocycles. The fourth-order valence-electron chi connectivity index (χ4n) is 3.48. The van der Waals surface area contributed by atoms with Crippen LogP contribution in [0.15, 0.2) is 71.6 Å². The number of aryl methyl sites for hydroxylation is 2. The first-order valence-electron chi connectivity index (χ1n) is 11.1. The Morgan fingerprint density at radius 3 is 2.12 bits per heavy atom. The summed E-state index contributed by atoms with van der Waals surface area (Å²) in [7, 11) is 0. The van der Waals surface area contributed by atoms with E-state index in [2.05, 4.69) is 22.0 Å². The van der Waals surface area contributed by atoms with Crippen molar-refractivity contribution < 1.29 is 9.59 Å². The molecule has 0 saturated heterocycles. The summed E-state index contributed by atoms with van der Waals surface area (Å²) in [6.45, 7) is 7.59. The van der Waals surface area contributed by atoms with Crippen molar-refractivity contribution in [3.8, 4) is 0 Å². The topological polar surface area (TPSA) is 70.2 Å². The van der Waals surface area contributed by atoms with Gasteiger partial charge in [0, 0.05) is 27.5 Å². The molecule has 0 aliphatic carbocycles. The number of thiocarbonyl (C=S) groups is 1. The average Bonchev–Trinajstić information content (AvgIpc) is 2.77. The van der Waals surface area contributed by atoms with E-state index in [1.807, 2.05) is 69.3 Å². The van der Waals surface area contributed by atoms with Crippen molar-refractivity contribution in [2.24, 2.45) is 0 Å². The maximum absolute atomic E-state index is 12.9. The van der Waals surface area contributed by atoms with Gasteiger partial charge in [0.2, 0.25) is 5.91 Å². The fraction of sp³-hybridized carbons (Fsp3) is 0.222. The van der Waals surface area contributed by atoms with Gasteiger partial charge in [-0.05, 0) is 105 Å². The Hall–Kier alpha value is -3.16. The summed E-state index contributed by atoms with van der Waals surface area (Å²) in [5, 5.41) is 9.57. The number of carbonyl (C=O) groups excluding carboxylic acids is 2. The Kier molecular flexibility index (Phi) is 8.85. The van der Waals surface area contributed by atoms with Crippen molar-refractivity contribution >= 4 is 57.8 Å². The largest absolute Gasteiger partial charge is 0.332 e. The zero-order valence-electron chi connectivity index (χ0n) is 19.8. The minimum Gasteiger partial charge on any atom is -0.332 e. The van der Waals surface area contributed by atoms with Crippen molar-refractivity contribution in [3.05, 3.63) is 83.4 Å². The molecule has 0 bridgehead atoms. The van der Waals surface area contributed by atoms with Gasteiger partial charge >= 0.3 is 0 Å². The predicted octanol–water partition coefficient (Wildman–Crippen LogP) is 6.82. The van der Waals surface area contributed by atoms with Crippen LogP contribution in [0, 0.1) is 13.8 Å². The first-order chi connectivity index (χ1) is 16.2. The highest BCUT2D eigenvalue weighted by molar-refractivity contribution is 8.00. The highest BCUT2D eigenvalue weighted by atomic mass is 32.2. The fourth-order valence-corrected chi connectivity index (χ4v) is 4.73. The van der Waals surface area contributed by atoms with Crippen LogP contribution in [0.25, 0.3) is 0 Å². The third-order valence-electron chi connectivity index (χ3n) is 5.07. The molecule has 7 heteroatoms. The Morgan fingerprint density at radius 2 is 1.50 bits per heavy atom. The maximum atomic E-state index is 12.9. The molecule has 0 aliphatic heterocycles. The number of amides is 1. The van der Waals surface area contributed by atoms with Crippen LogP contribution >= 0.6 is 24.0 Å². The Labute approximate surface area is 210 Å². The minimum atomic E-state index is -0.221. The van der Waals surface area contributed by atoms with Gasteiger partial charge in [-0.3, -0.25) is 9.59 Å². The molecule has 176 valence electrons. The summed E-state index contributed by atoms with van der Waals surface area (Å²) in [4.78, 5) is 25.3. The molecule has 1 amide bonds. The van der Waals surface area contributed by atoms with E-state index in [9.17, 15) is 9.59 Å². The van der Waals surface area contributed by atoms with Crippen LogP contribution in [0.1, 0.15) is 41.8 Å². The molecule has 3 N–H and O–H groups in total. The highest BCUT2D eigenvalue weighted by Gasteiger charge is 2.18. The van der Waals surface area contributed by atoms with Crippen LogP contribution in [-0.4, -0.2) is 22.1 Å². The number of carbonyl (C=O) groups is 2. The Morgan fingerprint density at radius 1 is 0.853 bits per heavy atom. The first-order valence-corrected chi connectivity index (χ1v) is 12.4. The van der Waals surface area contributed by atoms with Crippen molar-refractivity contribution in [1.29, 1.82) is 0 Å².